The summed E-state index contributed by atoms with van der Waals surface area (Å²) in [7, 11) is -3.54. The molecular formula is C14H22N2O4S. The van der Waals surface area contributed by atoms with E-state index >= 15 is 0 Å². The third kappa shape index (κ3) is 4.06. The maximum Gasteiger partial charge on any atom is 0.238 e. The van der Waals surface area contributed by atoms with Crippen molar-refractivity contribution in [3.05, 3.63) is 17.5 Å². The van der Waals surface area contributed by atoms with Crippen molar-refractivity contribution < 1.29 is 17.7 Å². The Balaban J connectivity index is 2.03. The predicted molar refractivity (Wildman–Crippen MR) is 78.4 cm³/mol. The Bertz CT molecular complexity index is 598. The van der Waals surface area contributed by atoms with Crippen molar-refractivity contribution in [2.45, 2.75) is 57.9 Å². The summed E-state index contributed by atoms with van der Waals surface area (Å²) in [5.74, 6) is -0.789. The summed E-state index contributed by atoms with van der Waals surface area (Å²) in [5, 5.41) is 3.66. The van der Waals surface area contributed by atoms with E-state index in [-0.39, 0.29) is 29.5 Å². The Labute approximate surface area is 125 Å². The van der Waals surface area contributed by atoms with Gasteiger partial charge in [-0.15, -0.1) is 0 Å². The van der Waals surface area contributed by atoms with Crippen LogP contribution in [0, 0.1) is 6.92 Å². The van der Waals surface area contributed by atoms with Crippen LogP contribution in [0.4, 0.5) is 0 Å². The molecule has 7 heteroatoms. The highest BCUT2D eigenvalue weighted by Gasteiger charge is 2.31. The Kier molecular flexibility index (Phi) is 4.70. The van der Waals surface area contributed by atoms with Crippen LogP contribution in [0.15, 0.2) is 10.6 Å². The average Bonchev–Trinajstić information content (AvgIpc) is 2.72. The maximum absolute atomic E-state index is 12.3. The van der Waals surface area contributed by atoms with E-state index in [1.54, 1.807) is 17.9 Å². The number of nitrogens with zero attached hydrogens (tertiary/aromatic N) is 2. The fourth-order valence-corrected chi connectivity index (χ4v) is 4.12. The number of aromatic nitrogens is 1. The average molecular weight is 314 g/mol. The molecule has 6 nitrogen and oxygen atoms in total. The lowest BCUT2D eigenvalue weighted by Crippen LogP contribution is -2.49. The van der Waals surface area contributed by atoms with Crippen molar-refractivity contribution in [3.63, 3.8) is 0 Å². The Morgan fingerprint density at radius 1 is 1.38 bits per heavy atom. The molecule has 0 saturated carbocycles. The Hall–Kier alpha value is -1.37. The van der Waals surface area contributed by atoms with Crippen LogP contribution < -0.4 is 0 Å². The second-order valence-electron chi connectivity index (χ2n) is 5.90. The highest BCUT2D eigenvalue weighted by Crippen LogP contribution is 2.23. The molecule has 1 fully saturated rings. The van der Waals surface area contributed by atoms with Crippen LogP contribution in [0.25, 0.3) is 0 Å². The van der Waals surface area contributed by atoms with Crippen LogP contribution in [-0.4, -0.2) is 42.2 Å². The summed E-state index contributed by atoms with van der Waals surface area (Å²) in [6, 6.07) is 1.78. The summed E-state index contributed by atoms with van der Waals surface area (Å²) < 4.78 is 29.2. The van der Waals surface area contributed by atoms with E-state index in [1.165, 1.54) is 0 Å². The van der Waals surface area contributed by atoms with E-state index in [2.05, 4.69) is 5.16 Å². The van der Waals surface area contributed by atoms with Gasteiger partial charge in [0.15, 0.2) is 15.6 Å². The van der Waals surface area contributed by atoms with Crippen molar-refractivity contribution in [1.29, 1.82) is 0 Å². The molecule has 2 heterocycles. The molecule has 1 amide bonds. The predicted octanol–water partition coefficient (Wildman–Crippen LogP) is 1.69. The number of amides is 1. The molecule has 1 aliphatic heterocycles. The minimum Gasteiger partial charge on any atom is -0.360 e. The second kappa shape index (κ2) is 6.17. The number of sulfone groups is 1. The lowest BCUT2D eigenvalue weighted by Gasteiger charge is -2.39. The van der Waals surface area contributed by atoms with Gasteiger partial charge in [-0.3, -0.25) is 4.79 Å². The van der Waals surface area contributed by atoms with Crippen molar-refractivity contribution in [3.8, 4) is 0 Å². The van der Waals surface area contributed by atoms with E-state index < -0.39 is 15.6 Å². The van der Waals surface area contributed by atoms with Gasteiger partial charge in [-0.2, -0.15) is 0 Å². The van der Waals surface area contributed by atoms with Crippen molar-refractivity contribution in [2.75, 3.05) is 5.75 Å². The zero-order valence-corrected chi connectivity index (χ0v) is 13.5. The molecule has 1 saturated heterocycles. The first kappa shape index (κ1) is 16.0. The molecule has 1 aromatic heterocycles. The summed E-state index contributed by atoms with van der Waals surface area (Å²) in [6.45, 7) is 5.67. The Morgan fingerprint density at radius 2 is 2.00 bits per heavy atom. The normalized spacial score (nSPS) is 23.3. The van der Waals surface area contributed by atoms with Gasteiger partial charge in [0.05, 0.1) is 5.69 Å². The minimum atomic E-state index is -3.54. The monoisotopic (exact) mass is 314 g/mol. The van der Waals surface area contributed by atoms with Gasteiger partial charge < -0.3 is 9.42 Å². The van der Waals surface area contributed by atoms with E-state index in [0.717, 1.165) is 19.3 Å². The SMILES string of the molecule is Cc1cc(CS(=O)(=O)CC(=O)N2[C@H](C)CCC[C@@H]2C)on1. The van der Waals surface area contributed by atoms with E-state index in [1.807, 2.05) is 13.8 Å². The number of hydrogen-bond donors (Lipinski definition) is 0. The number of piperidine rings is 1. The molecule has 0 radical (unpaired) electrons. The molecular weight excluding hydrogens is 292 g/mol. The highest BCUT2D eigenvalue weighted by atomic mass is 32.2. The maximum atomic E-state index is 12.3. The molecule has 0 aliphatic carbocycles. The van der Waals surface area contributed by atoms with Gasteiger partial charge in [-0.05, 0) is 40.0 Å². The van der Waals surface area contributed by atoms with Gasteiger partial charge in [0.2, 0.25) is 5.91 Å². The molecule has 0 unspecified atom stereocenters. The van der Waals surface area contributed by atoms with Gasteiger partial charge in [-0.1, -0.05) is 5.16 Å². The van der Waals surface area contributed by atoms with Gasteiger partial charge in [0.25, 0.3) is 0 Å². The van der Waals surface area contributed by atoms with E-state index in [9.17, 15) is 13.2 Å². The number of carbonyl (C=O) groups excluding carboxylic acids is 1. The zero-order chi connectivity index (χ0) is 15.6. The fourth-order valence-electron chi connectivity index (χ4n) is 2.93. The van der Waals surface area contributed by atoms with Crippen molar-refractivity contribution >= 4 is 15.7 Å². The van der Waals surface area contributed by atoms with Crippen molar-refractivity contribution in [1.82, 2.24) is 10.1 Å². The largest absolute Gasteiger partial charge is 0.360 e. The number of carbonyl (C=O) groups is 1. The smallest absolute Gasteiger partial charge is 0.238 e. The molecule has 1 aliphatic rings. The standard InChI is InChI=1S/C14H22N2O4S/c1-10-7-13(20-15-10)8-21(18,19)9-14(17)16-11(2)5-4-6-12(16)3/h7,11-12H,4-6,8-9H2,1-3H3/t11-,12+. The molecule has 0 bridgehead atoms. The molecule has 0 aromatic carbocycles. The van der Waals surface area contributed by atoms with Gasteiger partial charge in [0.1, 0.15) is 11.5 Å². The molecule has 118 valence electrons. The van der Waals surface area contributed by atoms with E-state index in [4.69, 9.17) is 4.52 Å². The summed E-state index contributed by atoms with van der Waals surface area (Å²) in [4.78, 5) is 14.0. The third-order valence-corrected chi connectivity index (χ3v) is 5.27. The number of rotatable bonds is 4. The van der Waals surface area contributed by atoms with Crippen LogP contribution in [-0.2, 0) is 20.4 Å². The van der Waals surface area contributed by atoms with Gasteiger partial charge in [0, 0.05) is 18.2 Å². The van der Waals surface area contributed by atoms with Crippen LogP contribution in [0.2, 0.25) is 0 Å². The van der Waals surface area contributed by atoms with E-state index in [0.29, 0.717) is 5.69 Å². The molecule has 1 aromatic rings. The molecule has 21 heavy (non-hydrogen) atoms. The van der Waals surface area contributed by atoms with Crippen LogP contribution >= 0.6 is 0 Å². The van der Waals surface area contributed by atoms with Crippen LogP contribution in [0.3, 0.4) is 0 Å². The van der Waals surface area contributed by atoms with Gasteiger partial charge in [-0.25, -0.2) is 8.42 Å². The summed E-state index contributed by atoms with van der Waals surface area (Å²) in [5.41, 5.74) is 0.629. The number of aryl methyl sites for hydroxylation is 1. The summed E-state index contributed by atoms with van der Waals surface area (Å²) in [6.07, 6.45) is 2.94. The number of hydrogen-bond acceptors (Lipinski definition) is 5. The minimum absolute atomic E-state index is 0.101. The zero-order valence-electron chi connectivity index (χ0n) is 12.7. The van der Waals surface area contributed by atoms with Crippen LogP contribution in [0.1, 0.15) is 44.6 Å². The topological polar surface area (TPSA) is 80.5 Å². The molecule has 0 spiro atoms. The number of likely N-dealkylation sites (tertiary alicyclic amines) is 1. The van der Waals surface area contributed by atoms with Gasteiger partial charge >= 0.3 is 0 Å². The quantitative estimate of drug-likeness (QED) is 0.845. The Morgan fingerprint density at radius 3 is 2.52 bits per heavy atom. The molecule has 2 atom stereocenters. The first-order valence-corrected chi connectivity index (χ1v) is 9.04. The summed E-state index contributed by atoms with van der Waals surface area (Å²) >= 11 is 0. The second-order valence-corrected chi connectivity index (χ2v) is 7.96. The van der Waals surface area contributed by atoms with Crippen molar-refractivity contribution in [2.24, 2.45) is 0 Å². The highest BCUT2D eigenvalue weighted by molar-refractivity contribution is 7.91. The van der Waals surface area contributed by atoms with Crippen LogP contribution in [0.5, 0.6) is 0 Å². The first-order valence-electron chi connectivity index (χ1n) is 7.22. The lowest BCUT2D eigenvalue weighted by atomic mass is 9.98. The fraction of sp³-hybridized carbons (Fsp3) is 0.714. The molecule has 0 N–H and O–H groups in total. The first-order chi connectivity index (χ1) is 9.78. The molecule has 2 rings (SSSR count). The third-order valence-electron chi connectivity index (χ3n) is 3.86. The lowest BCUT2D eigenvalue weighted by molar-refractivity contribution is -0.134.